The van der Waals surface area contributed by atoms with E-state index in [-0.39, 0.29) is 74.0 Å². The van der Waals surface area contributed by atoms with Crippen molar-refractivity contribution in [3.05, 3.63) is 22.7 Å². The molecule has 9 fully saturated rings. The number of aliphatic hydroxyl groups excluding tert-OH is 7. The van der Waals surface area contributed by atoms with Crippen molar-refractivity contribution in [1.82, 2.24) is 0 Å². The van der Waals surface area contributed by atoms with E-state index < -0.39 is 83.8 Å². The van der Waals surface area contributed by atoms with Gasteiger partial charge in [-0.3, -0.25) is 4.79 Å². The molecule has 0 amide bonds. The number of esters is 1. The van der Waals surface area contributed by atoms with Gasteiger partial charge < -0.3 is 69.6 Å². The van der Waals surface area contributed by atoms with Crippen LogP contribution in [0.1, 0.15) is 207 Å². The predicted molar refractivity (Wildman–Crippen MR) is 304 cm³/mol. The molecule has 1 saturated heterocycles. The third-order valence-corrected chi connectivity index (χ3v) is 28.5. The maximum Gasteiger partial charge on any atom is 0.303 e. The summed E-state index contributed by atoms with van der Waals surface area (Å²) in [5.74, 6) is 2.90. The molecule has 82 heavy (non-hydrogen) atoms. The fourth-order valence-corrected chi connectivity index (χ4v) is 24.3. The maximum absolute atomic E-state index is 12.5. The van der Waals surface area contributed by atoms with Gasteiger partial charge in [0.05, 0.1) is 30.0 Å². The number of carbonyl (C=O) groups excluding carboxylic acids is 1. The van der Waals surface area contributed by atoms with Gasteiger partial charge in [0.2, 0.25) is 0 Å². The standard InChI is InChI=1S/C37H58O10.C30H48O5/c1-18-15-21(30(33(5,6)43)45-19(2)38)46-28-25(18)34(7)13-14-37-17-36(37)12-11-24(47-31-27(41)26(40)20(39)16-44-31)32(3,4)22(36)9-10-23(37)35(34,8)29(28)42;1-16-14-17(23(32)26(4,5)34)35-22-21(16)27(6)12-13-30-15-29(30)11-10-20(31)25(2,3)18(29)8-9-19(30)28(27,7)24(22)33/h18,20-24,26-27,29-31,39-43H,9-17H2,1-8H3;16-20,23-24,31-34H,8-15H2,1-7H3/t18-,20-,21-,22+,23+,24+,26+,27-,29+,30+,31+,34-,35-,36-,37+;16-,17-,18+,19+,20+,23-,24+,27-,28-,29-,30+/m11/s1. The fourth-order valence-electron chi connectivity index (χ4n) is 24.3. The van der Waals surface area contributed by atoms with Crippen LogP contribution in [-0.4, -0.2) is 143 Å². The van der Waals surface area contributed by atoms with Crippen LogP contribution >= 0.6 is 0 Å². The number of hydrogen-bond donors (Lipinski definition) is 9. The minimum atomic E-state index is -1.31. The molecule has 15 nitrogen and oxygen atoms in total. The van der Waals surface area contributed by atoms with Crippen LogP contribution in [0.2, 0.25) is 0 Å². The Morgan fingerprint density at radius 2 is 1.04 bits per heavy atom. The van der Waals surface area contributed by atoms with Gasteiger partial charge in [-0.05, 0) is 210 Å². The highest BCUT2D eigenvalue weighted by Gasteiger charge is 2.86. The van der Waals surface area contributed by atoms with Crippen molar-refractivity contribution in [2.75, 3.05) is 6.61 Å². The lowest BCUT2D eigenvalue weighted by Gasteiger charge is -2.63. The lowest BCUT2D eigenvalue weighted by atomic mass is 9.41. The van der Waals surface area contributed by atoms with Crippen molar-refractivity contribution < 1.29 is 74.4 Å². The molecule has 15 heteroatoms. The Hall–Kier alpha value is -1.89. The van der Waals surface area contributed by atoms with Crippen molar-refractivity contribution in [2.45, 2.75) is 291 Å². The molecule has 3 heterocycles. The summed E-state index contributed by atoms with van der Waals surface area (Å²) in [5, 5.41) is 98.6. The predicted octanol–water partition coefficient (Wildman–Crippen LogP) is 8.16. The summed E-state index contributed by atoms with van der Waals surface area (Å²) in [4.78, 5) is 12.0. The number of allylic oxidation sites excluding steroid dienone is 2. The van der Waals surface area contributed by atoms with Gasteiger partial charge in [0.25, 0.3) is 0 Å². The summed E-state index contributed by atoms with van der Waals surface area (Å²) in [5.41, 5.74) is -0.527. The molecule has 0 radical (unpaired) electrons. The Morgan fingerprint density at radius 3 is 1.52 bits per heavy atom. The molecule has 0 unspecified atom stereocenters. The molecule has 464 valence electrons. The summed E-state index contributed by atoms with van der Waals surface area (Å²) in [7, 11) is 0. The number of carbonyl (C=O) groups is 1. The minimum absolute atomic E-state index is 0.0434. The summed E-state index contributed by atoms with van der Waals surface area (Å²) >= 11 is 0. The van der Waals surface area contributed by atoms with Crippen molar-refractivity contribution in [3.63, 3.8) is 0 Å². The highest BCUT2D eigenvalue weighted by Crippen LogP contribution is 2.91. The zero-order chi connectivity index (χ0) is 59.8. The van der Waals surface area contributed by atoms with E-state index >= 15 is 0 Å². The largest absolute Gasteiger partial charge is 0.489 e. The zero-order valence-electron chi connectivity index (χ0n) is 52.4. The molecule has 13 rings (SSSR count). The molecule has 26 atom stereocenters. The van der Waals surface area contributed by atoms with Crippen LogP contribution in [0.3, 0.4) is 0 Å². The van der Waals surface area contributed by atoms with E-state index in [4.69, 9.17) is 23.7 Å². The SMILES string of the molecule is CC(=O)O[C@@H]([C@H]1C[C@@H](C)C2=C(O1)[C@H](O)[C@@]1(C)[C@@H]3CC[C@H]4C(C)(C)[C@@H](O[C@@H]5OC[C@@H](O)[C@H](O)[C@H]5O)CC[C@@]45C[C@@]35CC[C@]21C)C(C)(C)O.C[C@@H]1C[C@H]([C@@H](O)C(C)(C)O)OC2=C1[C@@]1(C)CC[C@@]34C[C@@]35CC[C@H](O)C(C)(C)[C@@H]5CC[C@H]4[C@]1(C)[C@H]2O. The first-order valence-corrected chi connectivity index (χ1v) is 32.3. The molecule has 0 bridgehead atoms. The van der Waals surface area contributed by atoms with Crippen molar-refractivity contribution >= 4 is 5.97 Å². The van der Waals surface area contributed by atoms with Gasteiger partial charge in [0.15, 0.2) is 12.4 Å². The van der Waals surface area contributed by atoms with Crippen molar-refractivity contribution in [2.24, 2.45) is 89.7 Å². The molecular formula is C67H106O15. The van der Waals surface area contributed by atoms with Gasteiger partial charge in [0, 0.05) is 28.6 Å². The van der Waals surface area contributed by atoms with Gasteiger partial charge in [-0.15, -0.1) is 0 Å². The number of ether oxygens (including phenoxy) is 5. The normalized spacial score (nSPS) is 53.4. The Bertz CT molecular complexity index is 2630. The zero-order valence-corrected chi connectivity index (χ0v) is 52.4. The van der Waals surface area contributed by atoms with Crippen LogP contribution in [-0.2, 0) is 28.5 Å². The van der Waals surface area contributed by atoms with E-state index in [2.05, 4.69) is 69.2 Å². The number of rotatable bonds is 7. The second-order valence-electron chi connectivity index (χ2n) is 33.4. The van der Waals surface area contributed by atoms with Crippen LogP contribution in [0.15, 0.2) is 22.7 Å². The third kappa shape index (κ3) is 7.61. The Morgan fingerprint density at radius 1 is 0.585 bits per heavy atom. The first kappa shape index (κ1) is 60.4. The van der Waals surface area contributed by atoms with Crippen LogP contribution in [0, 0.1) is 89.7 Å². The average molecular weight is 1150 g/mol. The van der Waals surface area contributed by atoms with Crippen LogP contribution in [0.25, 0.3) is 0 Å². The first-order valence-electron chi connectivity index (χ1n) is 32.3. The second-order valence-corrected chi connectivity index (χ2v) is 33.4. The lowest BCUT2D eigenvalue weighted by Crippen LogP contribution is -2.61. The molecule has 0 aromatic carbocycles. The second kappa shape index (κ2) is 18.6. The van der Waals surface area contributed by atoms with E-state index in [9.17, 15) is 50.8 Å². The molecule has 4 spiro atoms. The highest BCUT2D eigenvalue weighted by molar-refractivity contribution is 5.66. The van der Waals surface area contributed by atoms with Crippen molar-refractivity contribution in [3.8, 4) is 0 Å². The molecule has 3 aliphatic heterocycles. The van der Waals surface area contributed by atoms with Gasteiger partial charge in [-0.1, -0.05) is 69.2 Å². The van der Waals surface area contributed by atoms with Gasteiger partial charge >= 0.3 is 5.97 Å². The minimum Gasteiger partial charge on any atom is -0.489 e. The van der Waals surface area contributed by atoms with Crippen LogP contribution < -0.4 is 0 Å². The molecule has 8 saturated carbocycles. The Kier molecular flexibility index (Phi) is 13.7. The Balaban J connectivity index is 0.000000169. The highest BCUT2D eigenvalue weighted by atomic mass is 16.7. The molecule has 0 aromatic rings. The van der Waals surface area contributed by atoms with Crippen LogP contribution in [0.4, 0.5) is 0 Å². The molecule has 9 N–H and O–H groups in total. The summed E-state index contributed by atoms with van der Waals surface area (Å²) in [6.45, 7) is 30.7. The smallest absolute Gasteiger partial charge is 0.303 e. The molecule has 10 aliphatic carbocycles. The van der Waals surface area contributed by atoms with Gasteiger partial charge in [-0.2, -0.15) is 0 Å². The third-order valence-electron chi connectivity index (χ3n) is 28.5. The van der Waals surface area contributed by atoms with E-state index in [0.717, 1.165) is 77.0 Å². The van der Waals surface area contributed by atoms with E-state index in [0.29, 0.717) is 53.4 Å². The summed E-state index contributed by atoms with van der Waals surface area (Å²) in [6.07, 6.45) is 6.69. The molecule has 0 aromatic heterocycles. The Labute approximate surface area is 488 Å². The van der Waals surface area contributed by atoms with E-state index in [1.54, 1.807) is 27.7 Å². The molecular weight excluding hydrogens is 1040 g/mol. The number of aliphatic hydroxyl groups is 9. The fraction of sp³-hybridized carbons (Fsp3) is 0.925. The quantitative estimate of drug-likeness (QED) is 0.0863. The van der Waals surface area contributed by atoms with E-state index in [1.807, 2.05) is 0 Å². The van der Waals surface area contributed by atoms with Gasteiger partial charge in [0.1, 0.15) is 60.4 Å². The number of fused-ring (bicyclic) bond motifs is 6. The summed E-state index contributed by atoms with van der Waals surface area (Å²) < 4.78 is 30.9. The lowest BCUT2D eigenvalue weighted by molar-refractivity contribution is -0.303. The monoisotopic (exact) mass is 1150 g/mol. The first-order chi connectivity index (χ1) is 37.8. The van der Waals surface area contributed by atoms with Crippen LogP contribution in [0.5, 0.6) is 0 Å². The maximum atomic E-state index is 12.5. The van der Waals surface area contributed by atoms with Crippen molar-refractivity contribution in [1.29, 1.82) is 0 Å². The van der Waals surface area contributed by atoms with E-state index in [1.165, 1.54) is 30.9 Å². The molecule has 13 aliphatic rings. The number of hydrogen-bond acceptors (Lipinski definition) is 15. The topological polar surface area (TPSA) is 245 Å². The van der Waals surface area contributed by atoms with Gasteiger partial charge in [-0.25, -0.2) is 0 Å². The average Bonchev–Trinajstić information content (AvgIpc) is 1.54. The summed E-state index contributed by atoms with van der Waals surface area (Å²) in [6, 6.07) is 0.